The van der Waals surface area contributed by atoms with Crippen molar-refractivity contribution in [1.82, 2.24) is 10.2 Å². The zero-order valence-corrected chi connectivity index (χ0v) is 22.1. The van der Waals surface area contributed by atoms with Gasteiger partial charge in [0.1, 0.15) is 18.1 Å². The first-order chi connectivity index (χ1) is 14.9. The van der Waals surface area contributed by atoms with E-state index in [1.165, 1.54) is 38.9 Å². The SMILES string of the molecule is CNC(Cc1ccc(OCCN(C)CCC[N+](C)(C)CCCC[N+](C)(C)C)cc1)C(C)=O. The highest BCUT2D eigenvalue weighted by Crippen LogP contribution is 2.14. The predicted octanol–water partition coefficient (Wildman–Crippen LogP) is 2.67. The molecular weight excluding hydrogens is 400 g/mol. The lowest BCUT2D eigenvalue weighted by molar-refractivity contribution is -0.892. The maximum Gasteiger partial charge on any atom is 0.147 e. The van der Waals surface area contributed by atoms with E-state index in [0.29, 0.717) is 13.0 Å². The molecule has 6 heteroatoms. The Hall–Kier alpha value is -1.47. The Morgan fingerprint density at radius 3 is 2.12 bits per heavy atom. The summed E-state index contributed by atoms with van der Waals surface area (Å²) in [6.07, 6.45) is 4.52. The van der Waals surface area contributed by atoms with E-state index in [9.17, 15) is 4.79 Å². The first kappa shape index (κ1) is 28.6. The van der Waals surface area contributed by atoms with Gasteiger partial charge in [-0.25, -0.2) is 0 Å². The second kappa shape index (κ2) is 13.9. The van der Waals surface area contributed by atoms with E-state index in [2.05, 4.69) is 52.5 Å². The molecule has 0 aromatic heterocycles. The minimum Gasteiger partial charge on any atom is -0.492 e. The third-order valence-electron chi connectivity index (χ3n) is 6.09. The van der Waals surface area contributed by atoms with Gasteiger partial charge in [-0.2, -0.15) is 0 Å². The molecule has 0 aliphatic heterocycles. The first-order valence-electron chi connectivity index (χ1n) is 12.1. The third-order valence-corrected chi connectivity index (χ3v) is 6.09. The number of unbranched alkanes of at least 4 members (excludes halogenated alkanes) is 1. The quantitative estimate of drug-likeness (QED) is 0.293. The number of hydrogen-bond acceptors (Lipinski definition) is 4. The van der Waals surface area contributed by atoms with E-state index >= 15 is 0 Å². The fraction of sp³-hybridized carbons (Fsp3) is 0.731. The van der Waals surface area contributed by atoms with Crippen LogP contribution in [0.1, 0.15) is 31.7 Å². The average Bonchev–Trinajstić information content (AvgIpc) is 2.69. The number of carbonyl (C=O) groups excluding carboxylic acids is 1. The van der Waals surface area contributed by atoms with Crippen molar-refractivity contribution in [1.29, 1.82) is 0 Å². The summed E-state index contributed by atoms with van der Waals surface area (Å²) >= 11 is 0. The normalized spacial score (nSPS) is 13.4. The summed E-state index contributed by atoms with van der Waals surface area (Å²) < 4.78 is 8.08. The van der Waals surface area contributed by atoms with Gasteiger partial charge in [0.2, 0.25) is 0 Å². The molecule has 0 saturated heterocycles. The van der Waals surface area contributed by atoms with Crippen LogP contribution in [-0.4, -0.2) is 114 Å². The van der Waals surface area contributed by atoms with Crippen LogP contribution in [0, 0.1) is 0 Å². The summed E-state index contributed by atoms with van der Waals surface area (Å²) in [5.41, 5.74) is 1.14. The summed E-state index contributed by atoms with van der Waals surface area (Å²) in [5.74, 6) is 1.05. The molecule has 0 heterocycles. The molecule has 1 aromatic carbocycles. The van der Waals surface area contributed by atoms with Gasteiger partial charge in [-0.1, -0.05) is 12.1 Å². The summed E-state index contributed by atoms with van der Waals surface area (Å²) in [6.45, 7) is 8.05. The highest BCUT2D eigenvalue weighted by atomic mass is 16.5. The van der Waals surface area contributed by atoms with E-state index in [1.54, 1.807) is 6.92 Å². The van der Waals surface area contributed by atoms with E-state index < -0.39 is 0 Å². The Kier molecular flexibility index (Phi) is 12.4. The molecule has 6 nitrogen and oxygen atoms in total. The fourth-order valence-corrected chi connectivity index (χ4v) is 3.84. The van der Waals surface area contributed by atoms with Gasteiger partial charge in [0.15, 0.2) is 0 Å². The number of nitrogens with one attached hydrogen (secondary N) is 1. The number of quaternary nitrogens is 2. The number of rotatable bonds is 17. The largest absolute Gasteiger partial charge is 0.492 e. The average molecular weight is 451 g/mol. The molecule has 0 amide bonds. The molecule has 0 radical (unpaired) electrons. The van der Waals surface area contributed by atoms with Crippen LogP contribution < -0.4 is 10.1 Å². The maximum absolute atomic E-state index is 11.6. The molecule has 0 spiro atoms. The molecule has 0 aliphatic carbocycles. The molecule has 0 saturated carbocycles. The Labute approximate surface area is 197 Å². The van der Waals surface area contributed by atoms with E-state index in [0.717, 1.165) is 33.4 Å². The van der Waals surface area contributed by atoms with E-state index in [4.69, 9.17) is 4.74 Å². The summed E-state index contributed by atoms with van der Waals surface area (Å²) in [7, 11) is 15.5. The lowest BCUT2D eigenvalue weighted by Crippen LogP contribution is -2.43. The second-order valence-electron chi connectivity index (χ2n) is 10.9. The molecule has 0 fully saturated rings. The minimum absolute atomic E-state index is 0.123. The first-order valence-corrected chi connectivity index (χ1v) is 12.1. The number of nitrogens with zero attached hydrogens (tertiary/aromatic N) is 3. The van der Waals surface area contributed by atoms with Crippen molar-refractivity contribution in [2.75, 3.05) is 88.7 Å². The number of likely N-dealkylation sites (N-methyl/N-ethyl adjacent to an activating group) is 2. The monoisotopic (exact) mass is 450 g/mol. The van der Waals surface area contributed by atoms with Crippen molar-refractivity contribution in [2.24, 2.45) is 0 Å². The van der Waals surface area contributed by atoms with Gasteiger partial charge in [-0.05, 0) is 45.1 Å². The second-order valence-corrected chi connectivity index (χ2v) is 10.9. The zero-order valence-electron chi connectivity index (χ0n) is 22.1. The molecule has 1 N–H and O–H groups in total. The Balaban J connectivity index is 2.22. The summed E-state index contributed by atoms with van der Waals surface area (Å²) in [6, 6.07) is 7.97. The smallest absolute Gasteiger partial charge is 0.147 e. The van der Waals surface area contributed by atoms with Crippen molar-refractivity contribution in [3.63, 3.8) is 0 Å². The van der Waals surface area contributed by atoms with E-state index in [-0.39, 0.29) is 11.8 Å². The molecule has 1 atom stereocenters. The number of carbonyl (C=O) groups is 1. The Bertz CT molecular complexity index is 653. The predicted molar refractivity (Wildman–Crippen MR) is 135 cm³/mol. The fourth-order valence-electron chi connectivity index (χ4n) is 3.84. The van der Waals surface area contributed by atoms with Crippen LogP contribution in [0.15, 0.2) is 24.3 Å². The van der Waals surface area contributed by atoms with Gasteiger partial charge in [-0.3, -0.25) is 4.79 Å². The number of benzene rings is 1. The van der Waals surface area contributed by atoms with Crippen LogP contribution in [0.2, 0.25) is 0 Å². The van der Waals surface area contributed by atoms with Gasteiger partial charge >= 0.3 is 0 Å². The molecule has 0 aliphatic rings. The van der Waals surface area contributed by atoms with Gasteiger partial charge in [-0.15, -0.1) is 0 Å². The van der Waals surface area contributed by atoms with Crippen molar-refractivity contribution >= 4 is 5.78 Å². The van der Waals surface area contributed by atoms with Gasteiger partial charge in [0.05, 0.1) is 60.9 Å². The highest BCUT2D eigenvalue weighted by Gasteiger charge is 2.16. The van der Waals surface area contributed by atoms with Crippen LogP contribution in [0.5, 0.6) is 5.75 Å². The molecule has 1 rings (SSSR count). The number of Topliss-reactive ketones (excluding diaryl/α,β-unsaturated/α-hetero) is 1. The van der Waals surface area contributed by atoms with Crippen LogP contribution in [-0.2, 0) is 11.2 Å². The molecular formula is C26H50N4O2+2. The third kappa shape index (κ3) is 13.2. The van der Waals surface area contributed by atoms with Crippen molar-refractivity contribution in [2.45, 2.75) is 38.6 Å². The molecule has 184 valence electrons. The van der Waals surface area contributed by atoms with Gasteiger partial charge in [0, 0.05) is 32.4 Å². The minimum atomic E-state index is -0.123. The van der Waals surface area contributed by atoms with E-state index in [1.807, 2.05) is 31.3 Å². The zero-order chi connectivity index (χ0) is 24.2. The summed E-state index contributed by atoms with van der Waals surface area (Å²) in [5, 5.41) is 3.07. The number of hydrogen-bond donors (Lipinski definition) is 1. The van der Waals surface area contributed by atoms with Gasteiger partial charge < -0.3 is 23.9 Å². The molecule has 32 heavy (non-hydrogen) atoms. The van der Waals surface area contributed by atoms with Crippen LogP contribution in [0.3, 0.4) is 0 Å². The highest BCUT2D eigenvalue weighted by molar-refractivity contribution is 5.81. The van der Waals surface area contributed by atoms with Crippen LogP contribution >= 0.6 is 0 Å². The van der Waals surface area contributed by atoms with Gasteiger partial charge in [0.25, 0.3) is 0 Å². The molecule has 0 bridgehead atoms. The Morgan fingerprint density at radius 1 is 0.969 bits per heavy atom. The standard InChI is InChI=1S/C26H50N4O2/c1-23(31)26(27-2)22-24-12-14-25(15-13-24)32-21-17-28(3)16-11-20-30(7,8)19-10-9-18-29(4,5)6/h12-15,26-27H,9-11,16-22H2,1-8H3/q+2. The summed E-state index contributed by atoms with van der Waals surface area (Å²) in [4.78, 5) is 13.9. The molecule has 1 unspecified atom stereocenters. The van der Waals surface area contributed by atoms with Crippen LogP contribution in [0.25, 0.3) is 0 Å². The topological polar surface area (TPSA) is 41.6 Å². The Morgan fingerprint density at radius 2 is 1.56 bits per heavy atom. The number of ketones is 1. The lowest BCUT2D eigenvalue weighted by Gasteiger charge is -2.31. The maximum atomic E-state index is 11.6. The van der Waals surface area contributed by atoms with Crippen molar-refractivity contribution < 1.29 is 18.5 Å². The molecule has 1 aromatic rings. The van der Waals surface area contributed by atoms with Crippen molar-refractivity contribution in [3.05, 3.63) is 29.8 Å². The van der Waals surface area contributed by atoms with Crippen LogP contribution in [0.4, 0.5) is 0 Å². The van der Waals surface area contributed by atoms with Crippen molar-refractivity contribution in [3.8, 4) is 5.75 Å². The number of ether oxygens (including phenoxy) is 1. The lowest BCUT2D eigenvalue weighted by atomic mass is 10.0.